The minimum atomic E-state index is 0.260. The van der Waals surface area contributed by atoms with E-state index in [4.69, 9.17) is 4.74 Å². The van der Waals surface area contributed by atoms with Gasteiger partial charge in [0.25, 0.3) is 0 Å². The Labute approximate surface area is 98.0 Å². The molecule has 2 heterocycles. The summed E-state index contributed by atoms with van der Waals surface area (Å²) >= 11 is 2.40. The van der Waals surface area contributed by atoms with Crippen LogP contribution in [-0.2, 0) is 11.8 Å². The first-order chi connectivity index (χ1) is 6.81. The average Bonchev–Trinajstić information content (AvgIpc) is 2.65. The molecule has 14 heavy (non-hydrogen) atoms. The van der Waals surface area contributed by atoms with Gasteiger partial charge in [-0.05, 0) is 19.3 Å². The minimum absolute atomic E-state index is 0.260. The van der Waals surface area contributed by atoms with Gasteiger partial charge in [0.1, 0.15) is 0 Å². The molecule has 0 radical (unpaired) electrons. The molecule has 0 N–H and O–H groups in total. The summed E-state index contributed by atoms with van der Waals surface area (Å²) in [6.45, 7) is 0. The largest absolute Gasteiger partial charge is 0.368 e. The van der Waals surface area contributed by atoms with Gasteiger partial charge in [0.2, 0.25) is 0 Å². The Morgan fingerprint density at radius 2 is 2.50 bits per heavy atom. The molecule has 0 aliphatic carbocycles. The van der Waals surface area contributed by atoms with E-state index in [0.29, 0.717) is 6.10 Å². The fraction of sp³-hybridized carbons (Fsp3) is 0.700. The van der Waals surface area contributed by atoms with Gasteiger partial charge in [-0.3, -0.25) is 0 Å². The van der Waals surface area contributed by atoms with E-state index in [2.05, 4.69) is 32.1 Å². The second-order valence-electron chi connectivity index (χ2n) is 3.76. The molecule has 0 amide bonds. The zero-order chi connectivity index (χ0) is 9.97. The molecular formula is C10H15IN2O. The first kappa shape index (κ1) is 10.4. The number of halogens is 1. The lowest BCUT2D eigenvalue weighted by Gasteiger charge is -2.29. The Kier molecular flexibility index (Phi) is 3.43. The number of ether oxygens (including phenoxy) is 1. The smallest absolute Gasteiger partial charge is 0.0994 e. The number of imidazole rings is 1. The van der Waals surface area contributed by atoms with Gasteiger partial charge < -0.3 is 9.30 Å². The zero-order valence-electron chi connectivity index (χ0n) is 8.32. The normalized spacial score (nSPS) is 27.9. The number of aryl methyl sites for hydroxylation is 1. The van der Waals surface area contributed by atoms with Gasteiger partial charge in [0.15, 0.2) is 0 Å². The van der Waals surface area contributed by atoms with Crippen molar-refractivity contribution in [3.05, 3.63) is 18.2 Å². The number of nitrogens with zero attached hydrogens (tertiary/aromatic N) is 2. The molecule has 3 nitrogen and oxygen atoms in total. The van der Waals surface area contributed by atoms with Crippen molar-refractivity contribution in [2.24, 2.45) is 7.05 Å². The summed E-state index contributed by atoms with van der Waals surface area (Å²) in [4.78, 5) is 4.13. The maximum atomic E-state index is 5.99. The highest BCUT2D eigenvalue weighted by Gasteiger charge is 2.24. The van der Waals surface area contributed by atoms with Gasteiger partial charge in [-0.15, -0.1) is 0 Å². The van der Waals surface area contributed by atoms with Crippen LogP contribution in [0.5, 0.6) is 0 Å². The molecule has 4 heteroatoms. The third-order valence-electron chi connectivity index (χ3n) is 2.71. The first-order valence-electron chi connectivity index (χ1n) is 4.99. The van der Waals surface area contributed by atoms with Crippen LogP contribution in [0.4, 0.5) is 0 Å². The van der Waals surface area contributed by atoms with Gasteiger partial charge in [-0.1, -0.05) is 22.6 Å². The summed E-state index contributed by atoms with van der Waals surface area (Å²) < 4.78 is 9.14. The van der Waals surface area contributed by atoms with E-state index in [9.17, 15) is 0 Å². The summed E-state index contributed by atoms with van der Waals surface area (Å²) in [6.07, 6.45) is 8.06. The monoisotopic (exact) mass is 306 g/mol. The van der Waals surface area contributed by atoms with E-state index in [1.54, 1.807) is 0 Å². The Morgan fingerprint density at radius 1 is 1.64 bits per heavy atom. The molecule has 0 bridgehead atoms. The van der Waals surface area contributed by atoms with E-state index >= 15 is 0 Å². The van der Waals surface area contributed by atoms with Crippen LogP contribution in [0, 0.1) is 0 Å². The van der Waals surface area contributed by atoms with E-state index in [1.807, 2.05) is 19.6 Å². The number of alkyl halides is 1. The number of hydrogen-bond donors (Lipinski definition) is 0. The second kappa shape index (κ2) is 4.61. The number of rotatable bonds is 2. The van der Waals surface area contributed by atoms with Crippen LogP contribution >= 0.6 is 22.6 Å². The molecule has 0 saturated carbocycles. The lowest BCUT2D eigenvalue weighted by atomic mass is 10.0. The molecule has 1 aliphatic rings. The van der Waals surface area contributed by atoms with Crippen molar-refractivity contribution in [3.63, 3.8) is 0 Å². The van der Waals surface area contributed by atoms with Crippen LogP contribution in [0.1, 0.15) is 31.1 Å². The molecule has 78 valence electrons. The third-order valence-corrected chi connectivity index (χ3v) is 3.69. The summed E-state index contributed by atoms with van der Waals surface area (Å²) in [6, 6.07) is 0. The number of aromatic nitrogens is 2. The highest BCUT2D eigenvalue weighted by atomic mass is 127. The molecule has 1 aliphatic heterocycles. The minimum Gasteiger partial charge on any atom is -0.368 e. The quantitative estimate of drug-likeness (QED) is 0.620. The van der Waals surface area contributed by atoms with Crippen LogP contribution in [0.25, 0.3) is 0 Å². The van der Waals surface area contributed by atoms with Crippen LogP contribution in [0.2, 0.25) is 0 Å². The van der Waals surface area contributed by atoms with Crippen molar-refractivity contribution in [3.8, 4) is 0 Å². The SMILES string of the molecule is Cn1cncc1C1CCCC(CI)O1. The molecule has 0 aromatic carbocycles. The molecule has 1 fully saturated rings. The molecule has 1 saturated heterocycles. The fourth-order valence-electron chi connectivity index (χ4n) is 1.91. The van der Waals surface area contributed by atoms with Crippen molar-refractivity contribution >= 4 is 22.6 Å². The standard InChI is InChI=1S/C10H15IN2O/c1-13-7-12-6-9(13)10-4-2-3-8(5-11)14-10/h6-8,10H,2-5H2,1H3. The Hall–Kier alpha value is -0.100. The van der Waals surface area contributed by atoms with E-state index in [1.165, 1.54) is 18.5 Å². The molecule has 1 aromatic rings. The maximum Gasteiger partial charge on any atom is 0.0994 e. The molecule has 2 unspecified atom stereocenters. The van der Waals surface area contributed by atoms with Crippen LogP contribution in [-0.4, -0.2) is 20.1 Å². The highest BCUT2D eigenvalue weighted by molar-refractivity contribution is 14.1. The summed E-state index contributed by atoms with van der Waals surface area (Å²) in [7, 11) is 2.03. The van der Waals surface area contributed by atoms with Gasteiger partial charge in [0.05, 0.1) is 30.4 Å². The van der Waals surface area contributed by atoms with Crippen LogP contribution in [0.3, 0.4) is 0 Å². The molecule has 2 rings (SSSR count). The van der Waals surface area contributed by atoms with Gasteiger partial charge in [-0.2, -0.15) is 0 Å². The van der Waals surface area contributed by atoms with Gasteiger partial charge in [0, 0.05) is 11.5 Å². The van der Waals surface area contributed by atoms with Crippen molar-refractivity contribution < 1.29 is 4.74 Å². The maximum absolute atomic E-state index is 5.99. The average molecular weight is 306 g/mol. The van der Waals surface area contributed by atoms with Gasteiger partial charge in [-0.25, -0.2) is 4.98 Å². The fourth-order valence-corrected chi connectivity index (χ4v) is 2.56. The van der Waals surface area contributed by atoms with E-state index < -0.39 is 0 Å². The lowest BCUT2D eigenvalue weighted by Crippen LogP contribution is -2.24. The molecule has 2 atom stereocenters. The third kappa shape index (κ3) is 2.11. The van der Waals surface area contributed by atoms with Gasteiger partial charge >= 0.3 is 0 Å². The topological polar surface area (TPSA) is 27.1 Å². The van der Waals surface area contributed by atoms with Crippen LogP contribution < -0.4 is 0 Å². The van der Waals surface area contributed by atoms with Crippen LogP contribution in [0.15, 0.2) is 12.5 Å². The van der Waals surface area contributed by atoms with Crippen molar-refractivity contribution in [2.45, 2.75) is 31.5 Å². The molecule has 0 spiro atoms. The summed E-state index contributed by atoms with van der Waals surface area (Å²) in [5.41, 5.74) is 1.21. The highest BCUT2D eigenvalue weighted by Crippen LogP contribution is 2.31. The summed E-state index contributed by atoms with van der Waals surface area (Å²) in [5, 5.41) is 0. The Bertz CT molecular complexity index is 300. The molecular weight excluding hydrogens is 291 g/mol. The Balaban J connectivity index is 2.08. The Morgan fingerprint density at radius 3 is 3.14 bits per heavy atom. The zero-order valence-corrected chi connectivity index (χ0v) is 10.5. The predicted molar refractivity (Wildman–Crippen MR) is 63.6 cm³/mol. The number of hydrogen-bond acceptors (Lipinski definition) is 2. The van der Waals surface area contributed by atoms with E-state index in [-0.39, 0.29) is 6.10 Å². The van der Waals surface area contributed by atoms with Crippen molar-refractivity contribution in [2.75, 3.05) is 4.43 Å². The van der Waals surface area contributed by atoms with Crippen molar-refractivity contribution in [1.82, 2.24) is 9.55 Å². The second-order valence-corrected chi connectivity index (χ2v) is 4.64. The predicted octanol–water partition coefficient (Wildman–Crippen LogP) is 2.47. The lowest BCUT2D eigenvalue weighted by molar-refractivity contribution is -0.0409. The first-order valence-corrected chi connectivity index (χ1v) is 6.51. The molecule has 1 aromatic heterocycles. The van der Waals surface area contributed by atoms with E-state index in [0.717, 1.165) is 10.8 Å². The van der Waals surface area contributed by atoms with Crippen molar-refractivity contribution in [1.29, 1.82) is 0 Å². The summed E-state index contributed by atoms with van der Waals surface area (Å²) in [5.74, 6) is 0.